The molecule has 0 bridgehead atoms. The van der Waals surface area contributed by atoms with Crippen molar-refractivity contribution in [3.8, 4) is 17.2 Å². The summed E-state index contributed by atoms with van der Waals surface area (Å²) >= 11 is 6.18. The third-order valence-electron chi connectivity index (χ3n) is 3.38. The highest BCUT2D eigenvalue weighted by Crippen LogP contribution is 2.30. The second-order valence-electron chi connectivity index (χ2n) is 4.74. The van der Waals surface area contributed by atoms with Gasteiger partial charge < -0.3 is 5.32 Å². The Morgan fingerprint density at radius 1 is 1.14 bits per heavy atom. The molecule has 5 nitrogen and oxygen atoms in total. The molecule has 1 aliphatic rings. The number of hydrogen-bond acceptors (Lipinski definition) is 3. The summed E-state index contributed by atoms with van der Waals surface area (Å²) in [5.41, 5.74) is 2.62. The Balaban J connectivity index is 1.94. The van der Waals surface area contributed by atoms with Crippen LogP contribution in [0.5, 0.6) is 0 Å². The molecule has 0 atom stereocenters. The first kappa shape index (κ1) is 14.1. The fourth-order valence-electron chi connectivity index (χ4n) is 2.29. The van der Waals surface area contributed by atoms with Gasteiger partial charge in [0.2, 0.25) is 0 Å². The second-order valence-corrected chi connectivity index (χ2v) is 5.15. The number of carbonyl (C=O) groups is 2. The van der Waals surface area contributed by atoms with Crippen LogP contribution < -0.4 is 10.2 Å². The Morgan fingerprint density at radius 2 is 1.86 bits per heavy atom. The van der Waals surface area contributed by atoms with Crippen LogP contribution in [-0.4, -0.2) is 18.5 Å². The van der Waals surface area contributed by atoms with Gasteiger partial charge in [-0.25, -0.2) is 9.69 Å². The Hall–Kier alpha value is -2.84. The molecular formula is C16H10ClN3O2. The number of amides is 3. The van der Waals surface area contributed by atoms with Crippen LogP contribution in [0.3, 0.4) is 0 Å². The van der Waals surface area contributed by atoms with Gasteiger partial charge in [0.15, 0.2) is 0 Å². The first-order valence-electron chi connectivity index (χ1n) is 6.51. The molecule has 0 spiro atoms. The van der Waals surface area contributed by atoms with E-state index in [2.05, 4.69) is 5.32 Å². The van der Waals surface area contributed by atoms with E-state index in [0.717, 1.165) is 16.0 Å². The van der Waals surface area contributed by atoms with Crippen molar-refractivity contribution in [2.45, 2.75) is 0 Å². The molecule has 3 amide bonds. The van der Waals surface area contributed by atoms with Crippen molar-refractivity contribution in [2.24, 2.45) is 0 Å². The van der Waals surface area contributed by atoms with Gasteiger partial charge in [0, 0.05) is 10.6 Å². The van der Waals surface area contributed by atoms with Crippen molar-refractivity contribution >= 4 is 29.2 Å². The SMILES string of the molecule is N#Cc1ccc(-c2ccc(N3C(=O)CNC3=O)cc2)c(Cl)c1. The summed E-state index contributed by atoms with van der Waals surface area (Å²) in [5.74, 6) is -0.283. The minimum Gasteiger partial charge on any atom is -0.328 e. The predicted molar refractivity (Wildman–Crippen MR) is 82.5 cm³/mol. The topological polar surface area (TPSA) is 73.2 Å². The molecule has 1 saturated heterocycles. The monoisotopic (exact) mass is 311 g/mol. The van der Waals surface area contributed by atoms with E-state index >= 15 is 0 Å². The number of rotatable bonds is 2. The summed E-state index contributed by atoms with van der Waals surface area (Å²) < 4.78 is 0. The number of nitrogens with one attached hydrogen (secondary N) is 1. The largest absolute Gasteiger partial charge is 0.329 e. The Labute approximate surface area is 131 Å². The van der Waals surface area contributed by atoms with Crippen LogP contribution in [0.4, 0.5) is 10.5 Å². The van der Waals surface area contributed by atoms with E-state index in [4.69, 9.17) is 16.9 Å². The molecule has 3 rings (SSSR count). The van der Waals surface area contributed by atoms with Gasteiger partial charge in [-0.3, -0.25) is 4.79 Å². The fourth-order valence-corrected chi connectivity index (χ4v) is 2.58. The quantitative estimate of drug-likeness (QED) is 0.867. The van der Waals surface area contributed by atoms with Crippen molar-refractivity contribution < 1.29 is 9.59 Å². The van der Waals surface area contributed by atoms with Gasteiger partial charge in [-0.05, 0) is 29.8 Å². The number of anilines is 1. The maximum atomic E-state index is 11.7. The van der Waals surface area contributed by atoms with Crippen molar-refractivity contribution in [3.63, 3.8) is 0 Å². The first-order valence-corrected chi connectivity index (χ1v) is 6.89. The van der Waals surface area contributed by atoms with E-state index in [1.54, 1.807) is 42.5 Å². The van der Waals surface area contributed by atoms with E-state index in [1.165, 1.54) is 0 Å². The van der Waals surface area contributed by atoms with Crippen LogP contribution in [-0.2, 0) is 4.79 Å². The molecule has 1 fully saturated rings. The molecule has 2 aromatic rings. The highest BCUT2D eigenvalue weighted by molar-refractivity contribution is 6.33. The van der Waals surface area contributed by atoms with Crippen LogP contribution >= 0.6 is 11.6 Å². The lowest BCUT2D eigenvalue weighted by molar-refractivity contribution is -0.115. The van der Waals surface area contributed by atoms with Crippen LogP contribution in [0, 0.1) is 11.3 Å². The number of nitrogens with zero attached hydrogens (tertiary/aromatic N) is 2. The third-order valence-corrected chi connectivity index (χ3v) is 3.69. The minimum atomic E-state index is -0.422. The van der Waals surface area contributed by atoms with Crippen molar-refractivity contribution in [1.82, 2.24) is 5.32 Å². The first-order chi connectivity index (χ1) is 10.6. The number of nitriles is 1. The summed E-state index contributed by atoms with van der Waals surface area (Å²) in [5, 5.41) is 11.8. The standard InChI is InChI=1S/C16H10ClN3O2/c17-14-7-10(8-18)1-6-13(14)11-2-4-12(5-3-11)20-15(21)9-19-16(20)22/h1-7H,9H2,(H,19,22). The van der Waals surface area contributed by atoms with E-state index < -0.39 is 6.03 Å². The molecule has 108 valence electrons. The number of hydrogen-bond donors (Lipinski definition) is 1. The fraction of sp³-hybridized carbons (Fsp3) is 0.0625. The molecule has 0 radical (unpaired) electrons. The van der Waals surface area contributed by atoms with Gasteiger partial charge in [0.25, 0.3) is 5.91 Å². The number of imide groups is 1. The molecule has 1 N–H and O–H groups in total. The average Bonchev–Trinajstić information content (AvgIpc) is 2.86. The van der Waals surface area contributed by atoms with E-state index in [9.17, 15) is 9.59 Å². The maximum absolute atomic E-state index is 11.7. The summed E-state index contributed by atoms with van der Waals surface area (Å²) in [6, 6.07) is 13.6. The molecule has 0 saturated carbocycles. The molecule has 0 aromatic heterocycles. The van der Waals surface area contributed by atoms with Gasteiger partial charge in [-0.1, -0.05) is 29.8 Å². The van der Waals surface area contributed by atoms with Crippen LogP contribution in [0.25, 0.3) is 11.1 Å². The second kappa shape index (κ2) is 5.51. The normalized spacial score (nSPS) is 13.9. The molecule has 0 unspecified atom stereocenters. The number of carbonyl (C=O) groups excluding carboxylic acids is 2. The molecule has 2 aromatic carbocycles. The zero-order valence-electron chi connectivity index (χ0n) is 11.3. The Bertz CT molecular complexity index is 793. The Kier molecular flexibility index (Phi) is 3.53. The highest BCUT2D eigenvalue weighted by Gasteiger charge is 2.29. The van der Waals surface area contributed by atoms with Gasteiger partial charge in [-0.2, -0.15) is 5.26 Å². The number of benzene rings is 2. The lowest BCUT2D eigenvalue weighted by Crippen LogP contribution is -2.30. The van der Waals surface area contributed by atoms with Crippen molar-refractivity contribution in [1.29, 1.82) is 5.26 Å². The third kappa shape index (κ3) is 2.41. The predicted octanol–water partition coefficient (Wildman–Crippen LogP) is 2.93. The van der Waals surface area contributed by atoms with Crippen LogP contribution in [0.1, 0.15) is 5.56 Å². The molecule has 22 heavy (non-hydrogen) atoms. The van der Waals surface area contributed by atoms with E-state index in [-0.39, 0.29) is 12.5 Å². The Morgan fingerprint density at radius 3 is 2.41 bits per heavy atom. The number of halogens is 1. The summed E-state index contributed by atoms with van der Waals surface area (Å²) in [6.45, 7) is 0.0159. The lowest BCUT2D eigenvalue weighted by atomic mass is 10.0. The van der Waals surface area contributed by atoms with Crippen molar-refractivity contribution in [3.05, 3.63) is 53.1 Å². The average molecular weight is 312 g/mol. The molecular weight excluding hydrogens is 302 g/mol. The zero-order valence-corrected chi connectivity index (χ0v) is 12.1. The highest BCUT2D eigenvalue weighted by atomic mass is 35.5. The van der Waals surface area contributed by atoms with Crippen LogP contribution in [0.15, 0.2) is 42.5 Å². The molecule has 0 aliphatic carbocycles. The summed E-state index contributed by atoms with van der Waals surface area (Å²) in [7, 11) is 0. The van der Waals surface area contributed by atoms with Gasteiger partial charge >= 0.3 is 6.03 Å². The zero-order chi connectivity index (χ0) is 15.7. The molecule has 1 heterocycles. The minimum absolute atomic E-state index is 0.0159. The summed E-state index contributed by atoms with van der Waals surface area (Å²) in [4.78, 5) is 24.4. The van der Waals surface area contributed by atoms with Gasteiger partial charge in [0.1, 0.15) is 0 Å². The van der Waals surface area contributed by atoms with E-state index in [1.807, 2.05) is 6.07 Å². The van der Waals surface area contributed by atoms with Gasteiger partial charge in [0.05, 0.1) is 23.9 Å². The maximum Gasteiger partial charge on any atom is 0.329 e. The smallest absolute Gasteiger partial charge is 0.328 e. The summed E-state index contributed by atoms with van der Waals surface area (Å²) in [6.07, 6.45) is 0. The lowest BCUT2D eigenvalue weighted by Gasteiger charge is -2.13. The van der Waals surface area contributed by atoms with Crippen molar-refractivity contribution in [2.75, 3.05) is 11.4 Å². The number of urea groups is 1. The van der Waals surface area contributed by atoms with Crippen LogP contribution in [0.2, 0.25) is 5.02 Å². The molecule has 1 aliphatic heterocycles. The molecule has 6 heteroatoms. The van der Waals surface area contributed by atoms with E-state index in [0.29, 0.717) is 16.3 Å². The van der Waals surface area contributed by atoms with Gasteiger partial charge in [-0.15, -0.1) is 0 Å².